The monoisotopic (exact) mass is 264 g/mol. The Balaban J connectivity index is 2.25. The van der Waals surface area contributed by atoms with Gasteiger partial charge in [-0.2, -0.15) is 0 Å². The maximum Gasteiger partial charge on any atom is 0.0696 e. The van der Waals surface area contributed by atoms with E-state index in [-0.39, 0.29) is 6.61 Å². The first-order valence-electron chi connectivity index (χ1n) is 5.33. The number of hydrogen-bond acceptors (Lipinski definition) is 2. The number of aliphatic hydroxyl groups is 1. The van der Waals surface area contributed by atoms with E-state index in [9.17, 15) is 0 Å². The lowest BCUT2D eigenvalue weighted by Crippen LogP contribution is -1.85. The molecular weight excluding hydrogens is 252 g/mol. The lowest BCUT2D eigenvalue weighted by Gasteiger charge is -2.07. The van der Waals surface area contributed by atoms with Crippen LogP contribution in [0.25, 0.3) is 0 Å². The first kappa shape index (κ1) is 12.5. The van der Waals surface area contributed by atoms with Gasteiger partial charge in [0, 0.05) is 14.8 Å². The Morgan fingerprint density at radius 3 is 2.59 bits per heavy atom. The van der Waals surface area contributed by atoms with Crippen molar-refractivity contribution < 1.29 is 5.11 Å². The Morgan fingerprint density at radius 2 is 1.94 bits per heavy atom. The maximum atomic E-state index is 9.05. The van der Waals surface area contributed by atoms with E-state index < -0.39 is 0 Å². The molecule has 0 aliphatic carbocycles. The van der Waals surface area contributed by atoms with E-state index in [1.165, 1.54) is 10.5 Å². The van der Waals surface area contributed by atoms with Gasteiger partial charge in [0.1, 0.15) is 0 Å². The third-order valence-corrected chi connectivity index (χ3v) is 4.04. The minimum absolute atomic E-state index is 0.0197. The first-order chi connectivity index (χ1) is 8.20. The highest BCUT2D eigenvalue weighted by molar-refractivity contribution is 7.99. The molecule has 0 fully saturated rings. The smallest absolute Gasteiger partial charge is 0.0696 e. The third kappa shape index (κ3) is 3.03. The summed E-state index contributed by atoms with van der Waals surface area (Å²) in [6.45, 7) is 2.07. The summed E-state index contributed by atoms with van der Waals surface area (Å²) in [5.74, 6) is 0. The zero-order chi connectivity index (χ0) is 12.3. The molecule has 0 atom stereocenters. The van der Waals surface area contributed by atoms with Gasteiger partial charge in [-0.1, -0.05) is 47.6 Å². The van der Waals surface area contributed by atoms with Gasteiger partial charge in [-0.3, -0.25) is 0 Å². The molecule has 0 aliphatic rings. The molecule has 0 unspecified atom stereocenters. The van der Waals surface area contributed by atoms with Crippen LogP contribution in [-0.2, 0) is 6.61 Å². The van der Waals surface area contributed by atoms with Gasteiger partial charge in [0.15, 0.2) is 0 Å². The topological polar surface area (TPSA) is 20.2 Å². The summed E-state index contributed by atoms with van der Waals surface area (Å²) < 4.78 is 0. The van der Waals surface area contributed by atoms with E-state index in [1.807, 2.05) is 30.3 Å². The van der Waals surface area contributed by atoms with Crippen molar-refractivity contribution in [1.29, 1.82) is 0 Å². The molecule has 0 saturated heterocycles. The SMILES string of the molecule is Cc1ccccc1Sc1ccc(CO)c(Cl)c1. The van der Waals surface area contributed by atoms with E-state index in [0.29, 0.717) is 5.02 Å². The van der Waals surface area contributed by atoms with Crippen molar-refractivity contribution in [3.8, 4) is 0 Å². The fourth-order valence-corrected chi connectivity index (χ4v) is 2.77. The predicted octanol–water partition coefficient (Wildman–Crippen LogP) is 4.29. The van der Waals surface area contributed by atoms with Gasteiger partial charge in [0.25, 0.3) is 0 Å². The summed E-state index contributed by atoms with van der Waals surface area (Å²) in [5.41, 5.74) is 2.01. The second-order valence-corrected chi connectivity index (χ2v) is 5.30. The Labute approximate surface area is 110 Å². The van der Waals surface area contributed by atoms with Crippen molar-refractivity contribution >= 4 is 23.4 Å². The van der Waals surface area contributed by atoms with E-state index in [0.717, 1.165) is 10.5 Å². The molecule has 0 saturated carbocycles. The number of aliphatic hydroxyl groups excluding tert-OH is 1. The van der Waals surface area contributed by atoms with Gasteiger partial charge >= 0.3 is 0 Å². The van der Waals surface area contributed by atoms with Crippen LogP contribution < -0.4 is 0 Å². The van der Waals surface area contributed by atoms with Gasteiger partial charge in [-0.15, -0.1) is 0 Å². The zero-order valence-corrected chi connectivity index (χ0v) is 11.1. The van der Waals surface area contributed by atoms with Crippen LogP contribution in [0, 0.1) is 6.92 Å². The van der Waals surface area contributed by atoms with Crippen molar-refractivity contribution in [2.75, 3.05) is 0 Å². The second kappa shape index (κ2) is 5.58. The molecule has 2 aromatic carbocycles. The fourth-order valence-electron chi connectivity index (χ4n) is 1.52. The molecule has 0 bridgehead atoms. The number of rotatable bonds is 3. The number of benzene rings is 2. The fraction of sp³-hybridized carbons (Fsp3) is 0.143. The minimum atomic E-state index is -0.0197. The van der Waals surface area contributed by atoms with E-state index >= 15 is 0 Å². The molecule has 0 aromatic heterocycles. The molecule has 0 heterocycles. The third-order valence-electron chi connectivity index (χ3n) is 2.52. The molecular formula is C14H13ClOS. The maximum absolute atomic E-state index is 9.05. The van der Waals surface area contributed by atoms with Gasteiger partial charge in [0.05, 0.1) is 6.61 Å². The van der Waals surface area contributed by atoms with Crippen molar-refractivity contribution in [2.24, 2.45) is 0 Å². The first-order valence-corrected chi connectivity index (χ1v) is 6.53. The molecule has 2 aromatic rings. The van der Waals surface area contributed by atoms with Gasteiger partial charge in [-0.25, -0.2) is 0 Å². The summed E-state index contributed by atoms with van der Waals surface area (Å²) >= 11 is 7.74. The second-order valence-electron chi connectivity index (χ2n) is 3.78. The van der Waals surface area contributed by atoms with Crippen LogP contribution in [0.2, 0.25) is 5.02 Å². The van der Waals surface area contributed by atoms with Crippen molar-refractivity contribution in [2.45, 2.75) is 23.3 Å². The highest BCUT2D eigenvalue weighted by Gasteiger charge is 2.04. The highest BCUT2D eigenvalue weighted by Crippen LogP contribution is 2.32. The zero-order valence-electron chi connectivity index (χ0n) is 9.48. The lowest BCUT2D eigenvalue weighted by molar-refractivity contribution is 0.282. The van der Waals surface area contributed by atoms with Crippen LogP contribution in [0.3, 0.4) is 0 Å². The van der Waals surface area contributed by atoms with Gasteiger partial charge in [-0.05, 0) is 36.2 Å². The molecule has 2 rings (SSSR count). The van der Waals surface area contributed by atoms with E-state index in [4.69, 9.17) is 16.7 Å². The normalized spacial score (nSPS) is 10.5. The standard InChI is InChI=1S/C14H13ClOS/c1-10-4-2-3-5-14(10)17-12-7-6-11(9-16)13(15)8-12/h2-8,16H,9H2,1H3. The quantitative estimate of drug-likeness (QED) is 0.892. The van der Waals surface area contributed by atoms with E-state index in [2.05, 4.69) is 19.1 Å². The van der Waals surface area contributed by atoms with Crippen LogP contribution in [0.1, 0.15) is 11.1 Å². The Bertz CT molecular complexity index is 525. The Hall–Kier alpha value is -0.960. The largest absolute Gasteiger partial charge is 0.392 e. The van der Waals surface area contributed by atoms with Crippen LogP contribution in [0.5, 0.6) is 0 Å². The average molecular weight is 265 g/mol. The van der Waals surface area contributed by atoms with Crippen molar-refractivity contribution in [1.82, 2.24) is 0 Å². The van der Waals surface area contributed by atoms with Gasteiger partial charge in [0.2, 0.25) is 0 Å². The molecule has 3 heteroatoms. The Kier molecular flexibility index (Phi) is 4.11. The van der Waals surface area contributed by atoms with Crippen LogP contribution >= 0.6 is 23.4 Å². The summed E-state index contributed by atoms with van der Waals surface area (Å²) in [6, 6.07) is 14.0. The number of aryl methyl sites for hydroxylation is 1. The Morgan fingerprint density at radius 1 is 1.18 bits per heavy atom. The number of hydrogen-bond donors (Lipinski definition) is 1. The molecule has 0 spiro atoms. The summed E-state index contributed by atoms with van der Waals surface area (Å²) in [5, 5.41) is 9.67. The van der Waals surface area contributed by atoms with Crippen LogP contribution in [-0.4, -0.2) is 5.11 Å². The molecule has 88 valence electrons. The summed E-state index contributed by atoms with van der Waals surface area (Å²) in [7, 11) is 0. The lowest BCUT2D eigenvalue weighted by atomic mass is 10.2. The molecule has 0 radical (unpaired) electrons. The molecule has 0 aliphatic heterocycles. The average Bonchev–Trinajstić information content (AvgIpc) is 2.32. The summed E-state index contributed by atoms with van der Waals surface area (Å²) in [6.07, 6.45) is 0. The highest BCUT2D eigenvalue weighted by atomic mass is 35.5. The van der Waals surface area contributed by atoms with Gasteiger partial charge < -0.3 is 5.11 Å². The molecule has 17 heavy (non-hydrogen) atoms. The molecule has 1 nitrogen and oxygen atoms in total. The number of halogens is 1. The summed E-state index contributed by atoms with van der Waals surface area (Å²) in [4.78, 5) is 2.31. The van der Waals surface area contributed by atoms with Crippen LogP contribution in [0.4, 0.5) is 0 Å². The minimum Gasteiger partial charge on any atom is -0.392 e. The molecule has 1 N–H and O–H groups in total. The molecule has 0 amide bonds. The van der Waals surface area contributed by atoms with E-state index in [1.54, 1.807) is 11.8 Å². The van der Waals surface area contributed by atoms with Crippen molar-refractivity contribution in [3.05, 3.63) is 58.6 Å². The van der Waals surface area contributed by atoms with Crippen molar-refractivity contribution in [3.63, 3.8) is 0 Å². The van der Waals surface area contributed by atoms with Crippen LogP contribution in [0.15, 0.2) is 52.3 Å². The predicted molar refractivity (Wildman–Crippen MR) is 72.7 cm³/mol.